The number of benzene rings is 1. The summed E-state index contributed by atoms with van der Waals surface area (Å²) < 4.78 is 1.95. The fraction of sp³-hybridized carbons (Fsp3) is 0.333. The molecule has 2 rings (SSSR count). The molecule has 0 saturated carbocycles. The molecular weight excluding hydrogens is 218 g/mol. The van der Waals surface area contributed by atoms with Gasteiger partial charge in [-0.15, -0.1) is 0 Å². The van der Waals surface area contributed by atoms with Crippen molar-refractivity contribution < 1.29 is 9.90 Å². The van der Waals surface area contributed by atoms with Gasteiger partial charge in [-0.1, -0.05) is 6.07 Å². The van der Waals surface area contributed by atoms with E-state index >= 15 is 0 Å². The molecule has 0 aliphatic rings. The second-order valence-corrected chi connectivity index (χ2v) is 4.03. The molecule has 0 saturated heterocycles. The van der Waals surface area contributed by atoms with Crippen LogP contribution in [0.2, 0.25) is 0 Å². The lowest BCUT2D eigenvalue weighted by Crippen LogP contribution is -2.24. The molecule has 0 radical (unpaired) electrons. The molecule has 1 unspecified atom stereocenters. The van der Waals surface area contributed by atoms with Gasteiger partial charge in [0.25, 0.3) is 0 Å². The van der Waals surface area contributed by atoms with Crippen LogP contribution < -0.4 is 5.32 Å². The third kappa shape index (κ3) is 1.89. The van der Waals surface area contributed by atoms with Crippen molar-refractivity contribution in [1.29, 1.82) is 0 Å². The fourth-order valence-electron chi connectivity index (χ4n) is 1.94. The van der Waals surface area contributed by atoms with Gasteiger partial charge in [-0.25, -0.2) is 4.98 Å². The van der Waals surface area contributed by atoms with Crippen molar-refractivity contribution in [3.63, 3.8) is 0 Å². The summed E-state index contributed by atoms with van der Waals surface area (Å²) in [7, 11) is 3.56. The average molecular weight is 233 g/mol. The number of hydrogen-bond acceptors (Lipinski definition) is 3. The lowest BCUT2D eigenvalue weighted by Gasteiger charge is -2.11. The first-order valence-electron chi connectivity index (χ1n) is 5.37. The molecule has 0 fully saturated rings. The number of hydrogen-bond donors (Lipinski definition) is 2. The maximum atomic E-state index is 11.1. The molecule has 0 bridgehead atoms. The van der Waals surface area contributed by atoms with Crippen LogP contribution in [0.15, 0.2) is 18.2 Å². The van der Waals surface area contributed by atoms with Crippen molar-refractivity contribution in [3.05, 3.63) is 29.6 Å². The number of fused-ring (bicyclic) bond motifs is 1. The highest BCUT2D eigenvalue weighted by Crippen LogP contribution is 2.20. The summed E-state index contributed by atoms with van der Waals surface area (Å²) in [4.78, 5) is 15.5. The molecule has 17 heavy (non-hydrogen) atoms. The van der Waals surface area contributed by atoms with Gasteiger partial charge < -0.3 is 15.0 Å². The second-order valence-electron chi connectivity index (χ2n) is 4.03. The molecule has 2 aromatic rings. The Hall–Kier alpha value is -1.88. The number of carboxylic acid groups (broad SMARTS) is 1. The predicted octanol–water partition coefficient (Wildman–Crippen LogP) is 1.23. The van der Waals surface area contributed by atoms with Crippen molar-refractivity contribution in [3.8, 4) is 0 Å². The number of aromatic nitrogens is 2. The zero-order valence-electron chi connectivity index (χ0n) is 10.1. The van der Waals surface area contributed by atoms with Gasteiger partial charge in [0.05, 0.1) is 11.0 Å². The number of nitrogens with zero attached hydrogens (tertiary/aromatic N) is 2. The van der Waals surface area contributed by atoms with E-state index in [1.165, 1.54) is 0 Å². The Morgan fingerprint density at radius 2 is 2.24 bits per heavy atom. The van der Waals surface area contributed by atoms with Crippen molar-refractivity contribution in [1.82, 2.24) is 14.9 Å². The molecule has 5 nitrogen and oxygen atoms in total. The minimum absolute atomic E-state index is 0.686. The fourth-order valence-corrected chi connectivity index (χ4v) is 1.94. The van der Waals surface area contributed by atoms with E-state index in [4.69, 9.17) is 5.11 Å². The van der Waals surface area contributed by atoms with Gasteiger partial charge in [-0.05, 0) is 31.7 Å². The third-order valence-corrected chi connectivity index (χ3v) is 3.00. The Balaban J connectivity index is 2.57. The SMILES string of the molecule is CNC(C(=O)O)c1ccc2nc(C)n(C)c2c1. The molecule has 0 aliphatic heterocycles. The van der Waals surface area contributed by atoms with E-state index in [-0.39, 0.29) is 0 Å². The summed E-state index contributed by atoms with van der Waals surface area (Å²) >= 11 is 0. The zero-order valence-corrected chi connectivity index (χ0v) is 10.1. The van der Waals surface area contributed by atoms with E-state index in [0.29, 0.717) is 0 Å². The van der Waals surface area contributed by atoms with Crippen LogP contribution >= 0.6 is 0 Å². The number of nitrogens with one attached hydrogen (secondary N) is 1. The zero-order chi connectivity index (χ0) is 12.6. The molecule has 1 aromatic heterocycles. The number of aryl methyl sites for hydroxylation is 2. The minimum Gasteiger partial charge on any atom is -0.480 e. The molecule has 1 heterocycles. The van der Waals surface area contributed by atoms with E-state index in [1.54, 1.807) is 13.1 Å². The monoisotopic (exact) mass is 233 g/mol. The standard InChI is InChI=1S/C12H15N3O2/c1-7-14-9-5-4-8(6-10(9)15(7)3)11(13-2)12(16)17/h4-6,11,13H,1-3H3,(H,16,17). The van der Waals surface area contributed by atoms with E-state index in [1.807, 2.05) is 30.7 Å². The van der Waals surface area contributed by atoms with Gasteiger partial charge in [0.2, 0.25) is 0 Å². The van der Waals surface area contributed by atoms with Gasteiger partial charge in [0, 0.05) is 7.05 Å². The highest BCUT2D eigenvalue weighted by atomic mass is 16.4. The molecule has 90 valence electrons. The molecule has 5 heteroatoms. The third-order valence-electron chi connectivity index (χ3n) is 3.00. The lowest BCUT2D eigenvalue weighted by molar-refractivity contribution is -0.139. The van der Waals surface area contributed by atoms with Crippen LogP contribution in [0.1, 0.15) is 17.4 Å². The topological polar surface area (TPSA) is 67.2 Å². The molecule has 0 aliphatic carbocycles. The van der Waals surface area contributed by atoms with Gasteiger partial charge in [-0.3, -0.25) is 4.79 Å². The first-order valence-corrected chi connectivity index (χ1v) is 5.37. The van der Waals surface area contributed by atoms with Crippen LogP contribution in [0.5, 0.6) is 0 Å². The largest absolute Gasteiger partial charge is 0.480 e. The highest BCUT2D eigenvalue weighted by molar-refractivity contribution is 5.81. The summed E-state index contributed by atoms with van der Waals surface area (Å²) in [6.45, 7) is 1.92. The maximum Gasteiger partial charge on any atom is 0.325 e. The summed E-state index contributed by atoms with van der Waals surface area (Å²) in [6.07, 6.45) is 0. The normalized spacial score (nSPS) is 12.9. The lowest BCUT2D eigenvalue weighted by atomic mass is 10.1. The van der Waals surface area contributed by atoms with Crippen molar-refractivity contribution >= 4 is 17.0 Å². The van der Waals surface area contributed by atoms with Gasteiger partial charge in [-0.2, -0.15) is 0 Å². The summed E-state index contributed by atoms with van der Waals surface area (Å²) in [6, 6.07) is 4.83. The first-order chi connectivity index (χ1) is 8.04. The van der Waals surface area contributed by atoms with Crippen molar-refractivity contribution in [2.45, 2.75) is 13.0 Å². The number of aliphatic carboxylic acids is 1. The number of carboxylic acids is 1. The highest BCUT2D eigenvalue weighted by Gasteiger charge is 2.18. The predicted molar refractivity (Wildman–Crippen MR) is 64.9 cm³/mol. The van der Waals surface area contributed by atoms with E-state index in [9.17, 15) is 4.79 Å². The van der Waals surface area contributed by atoms with Crippen LogP contribution in [-0.4, -0.2) is 27.7 Å². The van der Waals surface area contributed by atoms with Crippen LogP contribution in [0, 0.1) is 6.92 Å². The van der Waals surface area contributed by atoms with Gasteiger partial charge in [0.15, 0.2) is 0 Å². The smallest absolute Gasteiger partial charge is 0.325 e. The van der Waals surface area contributed by atoms with E-state index in [0.717, 1.165) is 22.4 Å². The Kier molecular flexibility index (Phi) is 2.85. The molecule has 0 spiro atoms. The minimum atomic E-state index is -0.884. The molecular formula is C12H15N3O2. The molecule has 2 N–H and O–H groups in total. The van der Waals surface area contributed by atoms with Crippen LogP contribution in [0.4, 0.5) is 0 Å². The summed E-state index contributed by atoms with van der Waals surface area (Å²) in [5, 5.41) is 11.9. The van der Waals surface area contributed by atoms with Crippen molar-refractivity contribution in [2.24, 2.45) is 7.05 Å². The number of imidazole rings is 1. The Morgan fingerprint density at radius 1 is 1.53 bits per heavy atom. The van der Waals surface area contributed by atoms with E-state index in [2.05, 4.69) is 10.3 Å². The summed E-state index contributed by atoms with van der Waals surface area (Å²) in [5.41, 5.74) is 2.56. The van der Waals surface area contributed by atoms with E-state index < -0.39 is 12.0 Å². The Bertz CT molecular complexity index is 574. The average Bonchev–Trinajstić information content (AvgIpc) is 2.56. The number of rotatable bonds is 3. The second kappa shape index (κ2) is 4.18. The van der Waals surface area contributed by atoms with Gasteiger partial charge in [0.1, 0.15) is 11.9 Å². The number of carbonyl (C=O) groups is 1. The Labute approximate surface area is 99.1 Å². The van der Waals surface area contributed by atoms with Crippen LogP contribution in [0.25, 0.3) is 11.0 Å². The maximum absolute atomic E-state index is 11.1. The first kappa shape index (κ1) is 11.6. The summed E-state index contributed by atoms with van der Waals surface area (Å²) in [5.74, 6) is 0.0271. The Morgan fingerprint density at radius 3 is 2.82 bits per heavy atom. The van der Waals surface area contributed by atoms with Crippen molar-refractivity contribution in [2.75, 3.05) is 7.05 Å². The molecule has 0 amide bonds. The number of likely N-dealkylation sites (N-methyl/N-ethyl adjacent to an activating group) is 1. The quantitative estimate of drug-likeness (QED) is 0.836. The van der Waals surface area contributed by atoms with Crippen LogP contribution in [-0.2, 0) is 11.8 Å². The molecule has 1 aromatic carbocycles. The van der Waals surface area contributed by atoms with Gasteiger partial charge >= 0.3 is 5.97 Å². The molecule has 1 atom stereocenters. The van der Waals surface area contributed by atoms with Crippen LogP contribution in [0.3, 0.4) is 0 Å².